The molecular weight excluding hydrogens is 251 g/mol. The van der Waals surface area contributed by atoms with Crippen LogP contribution in [-0.2, 0) is 6.42 Å². The molecular formula is C12H11ClF3N. The van der Waals surface area contributed by atoms with E-state index in [-0.39, 0.29) is 6.42 Å². The van der Waals surface area contributed by atoms with Crippen LogP contribution in [0, 0.1) is 17.2 Å². The molecule has 0 aliphatic heterocycles. The van der Waals surface area contributed by atoms with Crippen molar-refractivity contribution >= 4 is 11.6 Å². The van der Waals surface area contributed by atoms with Crippen LogP contribution < -0.4 is 0 Å². The molecule has 1 atom stereocenters. The van der Waals surface area contributed by atoms with Gasteiger partial charge < -0.3 is 0 Å². The zero-order chi connectivity index (χ0) is 12.9. The van der Waals surface area contributed by atoms with Gasteiger partial charge in [-0.15, -0.1) is 0 Å². The summed E-state index contributed by atoms with van der Waals surface area (Å²) in [5.41, 5.74) is 0.822. The minimum atomic E-state index is -4.20. The van der Waals surface area contributed by atoms with Crippen molar-refractivity contribution in [1.82, 2.24) is 0 Å². The lowest BCUT2D eigenvalue weighted by molar-refractivity contribution is -0.136. The molecule has 0 aliphatic rings. The Bertz CT molecular complexity index is 392. The standard InChI is InChI=1S/C12H11ClF3N/c13-11-3-1-9(2-4-11)7-10(8-17)5-6-12(14,15)16/h1-4,10H,5-7H2. The lowest BCUT2D eigenvalue weighted by atomic mass is 9.96. The van der Waals surface area contributed by atoms with Crippen molar-refractivity contribution < 1.29 is 13.2 Å². The van der Waals surface area contributed by atoms with E-state index in [1.165, 1.54) is 0 Å². The van der Waals surface area contributed by atoms with E-state index in [9.17, 15) is 13.2 Å². The van der Waals surface area contributed by atoms with Gasteiger partial charge in [-0.3, -0.25) is 0 Å². The van der Waals surface area contributed by atoms with Crippen molar-refractivity contribution in [3.05, 3.63) is 34.9 Å². The van der Waals surface area contributed by atoms with Gasteiger partial charge >= 0.3 is 6.18 Å². The SMILES string of the molecule is N#CC(CCC(F)(F)F)Cc1ccc(Cl)cc1. The molecule has 0 radical (unpaired) electrons. The Kier molecular flexibility index (Phi) is 4.83. The summed E-state index contributed by atoms with van der Waals surface area (Å²) in [6.07, 6.45) is -4.96. The molecule has 0 saturated heterocycles. The van der Waals surface area contributed by atoms with E-state index in [0.29, 0.717) is 11.4 Å². The molecule has 0 N–H and O–H groups in total. The van der Waals surface area contributed by atoms with Gasteiger partial charge in [-0.1, -0.05) is 23.7 Å². The predicted octanol–water partition coefficient (Wildman–Crippen LogP) is 4.36. The summed E-state index contributed by atoms with van der Waals surface area (Å²) in [5.74, 6) is -0.613. The Hall–Kier alpha value is -1.21. The van der Waals surface area contributed by atoms with Gasteiger partial charge in [0.1, 0.15) is 0 Å². The van der Waals surface area contributed by atoms with Crippen LogP contribution in [0.4, 0.5) is 13.2 Å². The van der Waals surface area contributed by atoms with Gasteiger partial charge in [0.05, 0.1) is 12.0 Å². The number of hydrogen-bond acceptors (Lipinski definition) is 1. The zero-order valence-electron chi connectivity index (χ0n) is 8.97. The molecule has 1 rings (SSSR count). The van der Waals surface area contributed by atoms with E-state index in [0.717, 1.165) is 5.56 Å². The first-order chi connectivity index (χ1) is 7.90. The highest BCUT2D eigenvalue weighted by Crippen LogP contribution is 2.25. The number of nitrogens with zero attached hydrogens (tertiary/aromatic N) is 1. The Morgan fingerprint density at radius 3 is 2.29 bits per heavy atom. The summed E-state index contributed by atoms with van der Waals surface area (Å²) in [6, 6.07) is 8.67. The third-order valence-corrected chi connectivity index (χ3v) is 2.61. The third-order valence-electron chi connectivity index (χ3n) is 2.35. The second-order valence-corrected chi connectivity index (χ2v) is 4.25. The van der Waals surface area contributed by atoms with Crippen LogP contribution in [0.25, 0.3) is 0 Å². The van der Waals surface area contributed by atoms with E-state index < -0.39 is 18.5 Å². The Morgan fingerprint density at radius 2 is 1.82 bits per heavy atom. The quantitative estimate of drug-likeness (QED) is 0.790. The number of halogens is 4. The lowest BCUT2D eigenvalue weighted by Crippen LogP contribution is -2.11. The number of alkyl halides is 3. The summed E-state index contributed by atoms with van der Waals surface area (Å²) >= 11 is 5.69. The topological polar surface area (TPSA) is 23.8 Å². The van der Waals surface area contributed by atoms with Gasteiger partial charge in [0.2, 0.25) is 0 Å². The minimum Gasteiger partial charge on any atom is -0.198 e. The van der Waals surface area contributed by atoms with Crippen LogP contribution in [0.2, 0.25) is 5.02 Å². The molecule has 92 valence electrons. The summed E-state index contributed by atoms with van der Waals surface area (Å²) in [6.45, 7) is 0. The molecule has 0 amide bonds. The third kappa shape index (κ3) is 5.60. The van der Waals surface area contributed by atoms with Crippen molar-refractivity contribution in [3.8, 4) is 6.07 Å². The van der Waals surface area contributed by atoms with Crippen LogP contribution >= 0.6 is 11.6 Å². The summed E-state index contributed by atoms with van der Waals surface area (Å²) in [7, 11) is 0. The van der Waals surface area contributed by atoms with Crippen molar-refractivity contribution in [1.29, 1.82) is 5.26 Å². The highest BCUT2D eigenvalue weighted by molar-refractivity contribution is 6.30. The molecule has 5 heteroatoms. The average Bonchev–Trinajstić information content (AvgIpc) is 2.25. The predicted molar refractivity (Wildman–Crippen MR) is 59.5 cm³/mol. The first-order valence-corrected chi connectivity index (χ1v) is 5.49. The van der Waals surface area contributed by atoms with Crippen LogP contribution in [0.1, 0.15) is 18.4 Å². The van der Waals surface area contributed by atoms with E-state index in [4.69, 9.17) is 16.9 Å². The first-order valence-electron chi connectivity index (χ1n) is 5.11. The van der Waals surface area contributed by atoms with E-state index in [1.54, 1.807) is 24.3 Å². The van der Waals surface area contributed by atoms with Gasteiger partial charge in [0.25, 0.3) is 0 Å². The van der Waals surface area contributed by atoms with E-state index in [2.05, 4.69) is 0 Å². The van der Waals surface area contributed by atoms with Gasteiger partial charge in [0.15, 0.2) is 0 Å². The maximum atomic E-state index is 12.0. The number of nitriles is 1. The molecule has 1 aromatic rings. The fourth-order valence-corrected chi connectivity index (χ4v) is 1.58. The van der Waals surface area contributed by atoms with Gasteiger partial charge in [-0.05, 0) is 30.5 Å². The number of hydrogen-bond donors (Lipinski definition) is 0. The minimum absolute atomic E-state index is 0.164. The molecule has 0 heterocycles. The fraction of sp³-hybridized carbons (Fsp3) is 0.417. The van der Waals surface area contributed by atoms with Crippen LogP contribution in [-0.4, -0.2) is 6.18 Å². The molecule has 1 nitrogen and oxygen atoms in total. The molecule has 0 fully saturated rings. The molecule has 0 saturated carbocycles. The monoisotopic (exact) mass is 261 g/mol. The van der Waals surface area contributed by atoms with Gasteiger partial charge in [-0.2, -0.15) is 18.4 Å². The second kappa shape index (κ2) is 5.92. The Balaban J connectivity index is 2.53. The molecule has 0 aliphatic carbocycles. The summed E-state index contributed by atoms with van der Waals surface area (Å²) in [4.78, 5) is 0. The smallest absolute Gasteiger partial charge is 0.198 e. The first kappa shape index (κ1) is 13.9. The maximum Gasteiger partial charge on any atom is 0.389 e. The van der Waals surface area contributed by atoms with Crippen LogP contribution in [0.15, 0.2) is 24.3 Å². The van der Waals surface area contributed by atoms with Crippen molar-refractivity contribution in [3.63, 3.8) is 0 Å². The molecule has 1 aromatic carbocycles. The van der Waals surface area contributed by atoms with Gasteiger partial charge in [-0.25, -0.2) is 0 Å². The Labute approximate surface area is 103 Å². The van der Waals surface area contributed by atoms with E-state index >= 15 is 0 Å². The molecule has 0 spiro atoms. The Morgan fingerprint density at radius 1 is 1.24 bits per heavy atom. The fourth-order valence-electron chi connectivity index (χ4n) is 1.46. The van der Waals surface area contributed by atoms with Crippen molar-refractivity contribution in [2.24, 2.45) is 5.92 Å². The van der Waals surface area contributed by atoms with E-state index in [1.807, 2.05) is 6.07 Å². The lowest BCUT2D eigenvalue weighted by Gasteiger charge is -2.11. The molecule has 0 aromatic heterocycles. The summed E-state index contributed by atoms with van der Waals surface area (Å²) < 4.78 is 36.1. The number of benzene rings is 1. The van der Waals surface area contributed by atoms with Crippen LogP contribution in [0.5, 0.6) is 0 Å². The highest BCUT2D eigenvalue weighted by Gasteiger charge is 2.28. The average molecular weight is 262 g/mol. The molecule has 0 bridgehead atoms. The normalized spacial score (nSPS) is 13.1. The molecule has 17 heavy (non-hydrogen) atoms. The maximum absolute atomic E-state index is 12.0. The van der Waals surface area contributed by atoms with Crippen LogP contribution in [0.3, 0.4) is 0 Å². The van der Waals surface area contributed by atoms with Crippen molar-refractivity contribution in [2.45, 2.75) is 25.4 Å². The molecule has 1 unspecified atom stereocenters. The second-order valence-electron chi connectivity index (χ2n) is 3.81. The highest BCUT2D eigenvalue weighted by atomic mass is 35.5. The van der Waals surface area contributed by atoms with Crippen molar-refractivity contribution in [2.75, 3.05) is 0 Å². The summed E-state index contributed by atoms with van der Waals surface area (Å²) in [5, 5.41) is 9.36. The largest absolute Gasteiger partial charge is 0.389 e. The van der Waals surface area contributed by atoms with Gasteiger partial charge in [0, 0.05) is 11.4 Å². The zero-order valence-corrected chi connectivity index (χ0v) is 9.72. The number of rotatable bonds is 4.